The zero-order chi connectivity index (χ0) is 15.7. The van der Waals surface area contributed by atoms with E-state index in [0.29, 0.717) is 11.6 Å². The van der Waals surface area contributed by atoms with Crippen LogP contribution in [0.25, 0.3) is 5.57 Å². The van der Waals surface area contributed by atoms with Gasteiger partial charge in [-0.3, -0.25) is 0 Å². The van der Waals surface area contributed by atoms with Crippen molar-refractivity contribution >= 4 is 66.4 Å². The third kappa shape index (κ3) is 8.20. The number of benzene rings is 1. The van der Waals surface area contributed by atoms with Crippen LogP contribution in [-0.2, 0) is 16.0 Å². The quantitative estimate of drug-likeness (QED) is 0.331. The molecular formula is C17H20BaO4. The molecule has 0 bridgehead atoms. The molecule has 0 fully saturated rings. The van der Waals surface area contributed by atoms with Crippen LogP contribution in [0.4, 0.5) is 0 Å². The molecule has 0 N–H and O–H groups in total. The molecule has 0 amide bonds. The number of unbranched alkanes of at least 4 members (excludes halogenated alkanes) is 4. The van der Waals surface area contributed by atoms with Crippen molar-refractivity contribution in [2.45, 2.75) is 45.4 Å². The Hall–Kier alpha value is -0.529. The van der Waals surface area contributed by atoms with Gasteiger partial charge in [-0.05, 0) is 30.0 Å². The Morgan fingerprint density at radius 2 is 1.59 bits per heavy atom. The summed E-state index contributed by atoms with van der Waals surface area (Å²) < 4.78 is 0. The van der Waals surface area contributed by atoms with Crippen molar-refractivity contribution in [1.29, 1.82) is 0 Å². The van der Waals surface area contributed by atoms with Gasteiger partial charge >= 0.3 is 48.9 Å². The molecule has 1 aromatic carbocycles. The molecule has 0 saturated heterocycles. The largest absolute Gasteiger partial charge is 2.00 e. The van der Waals surface area contributed by atoms with Gasteiger partial charge in [0.2, 0.25) is 0 Å². The molecule has 1 aromatic rings. The maximum Gasteiger partial charge on any atom is 2.00 e. The average molecular weight is 426 g/mol. The Labute approximate surface area is 171 Å². The van der Waals surface area contributed by atoms with Gasteiger partial charge in [0.05, 0.1) is 11.9 Å². The second kappa shape index (κ2) is 12.0. The van der Waals surface area contributed by atoms with Crippen molar-refractivity contribution in [3.8, 4) is 0 Å². The van der Waals surface area contributed by atoms with Crippen LogP contribution in [0.3, 0.4) is 0 Å². The fourth-order valence-corrected chi connectivity index (χ4v) is 2.16. The molecule has 5 heteroatoms. The molecule has 0 aromatic heterocycles. The molecule has 4 nitrogen and oxygen atoms in total. The Kier molecular flexibility index (Phi) is 11.7. The number of carboxylic acid groups (broad SMARTS) is 2. The first-order chi connectivity index (χ1) is 10.0. The standard InChI is InChI=1S/C17H22O4.Ba/c1-2-3-4-5-6-7-13-8-10-14(11-9-13)15(17(20)21)12-16(18)19;/h8-12H,2-7H2,1H3,(H,18,19)(H,20,21);/q;+2/p-2/b15-12-;. The van der Waals surface area contributed by atoms with Gasteiger partial charge in [-0.1, -0.05) is 56.9 Å². The van der Waals surface area contributed by atoms with Gasteiger partial charge in [-0.2, -0.15) is 0 Å². The number of rotatable bonds is 9. The molecule has 0 heterocycles. The van der Waals surface area contributed by atoms with Crippen LogP contribution in [0.2, 0.25) is 0 Å². The number of carbonyl (C=O) groups is 2. The van der Waals surface area contributed by atoms with E-state index >= 15 is 0 Å². The summed E-state index contributed by atoms with van der Waals surface area (Å²) in [6, 6.07) is 6.85. The van der Waals surface area contributed by atoms with Crippen molar-refractivity contribution < 1.29 is 19.8 Å². The molecule has 0 unspecified atom stereocenters. The summed E-state index contributed by atoms with van der Waals surface area (Å²) in [7, 11) is 0. The van der Waals surface area contributed by atoms with Gasteiger partial charge in [0.15, 0.2) is 0 Å². The monoisotopic (exact) mass is 426 g/mol. The van der Waals surface area contributed by atoms with E-state index in [1.54, 1.807) is 12.1 Å². The topological polar surface area (TPSA) is 80.3 Å². The predicted molar refractivity (Wildman–Crippen MR) is 82.7 cm³/mol. The number of aryl methyl sites for hydroxylation is 1. The Balaban J connectivity index is 0.00000441. The van der Waals surface area contributed by atoms with Crippen LogP contribution in [-0.4, -0.2) is 60.8 Å². The fraction of sp³-hybridized carbons (Fsp3) is 0.412. The second-order valence-corrected chi connectivity index (χ2v) is 5.03. The first-order valence-electron chi connectivity index (χ1n) is 7.28. The second-order valence-electron chi connectivity index (χ2n) is 5.03. The summed E-state index contributed by atoms with van der Waals surface area (Å²) in [6.07, 6.45) is 7.47. The van der Waals surface area contributed by atoms with Crippen molar-refractivity contribution in [1.82, 2.24) is 0 Å². The number of hydrogen-bond donors (Lipinski definition) is 0. The van der Waals surface area contributed by atoms with Gasteiger partial charge in [-0.15, -0.1) is 0 Å². The molecule has 0 spiro atoms. The summed E-state index contributed by atoms with van der Waals surface area (Å²) >= 11 is 0. The van der Waals surface area contributed by atoms with E-state index in [9.17, 15) is 19.8 Å². The normalized spacial score (nSPS) is 10.9. The van der Waals surface area contributed by atoms with Crippen molar-refractivity contribution in [3.63, 3.8) is 0 Å². The first-order valence-corrected chi connectivity index (χ1v) is 7.28. The summed E-state index contributed by atoms with van der Waals surface area (Å²) in [5, 5.41) is 21.4. The number of carboxylic acids is 2. The number of aliphatic carboxylic acids is 2. The Morgan fingerprint density at radius 3 is 2.09 bits per heavy atom. The molecule has 0 saturated carbocycles. The summed E-state index contributed by atoms with van der Waals surface area (Å²) in [4.78, 5) is 21.4. The minimum absolute atomic E-state index is 0. The van der Waals surface area contributed by atoms with Gasteiger partial charge in [0.25, 0.3) is 0 Å². The minimum Gasteiger partial charge on any atom is -0.545 e. The third-order valence-corrected chi connectivity index (χ3v) is 3.32. The van der Waals surface area contributed by atoms with E-state index in [0.717, 1.165) is 18.4 Å². The average Bonchev–Trinajstić information content (AvgIpc) is 2.45. The number of carbonyl (C=O) groups excluding carboxylic acids is 2. The van der Waals surface area contributed by atoms with Crippen LogP contribution < -0.4 is 10.2 Å². The summed E-state index contributed by atoms with van der Waals surface area (Å²) in [5.74, 6) is -3.07. The predicted octanol–water partition coefficient (Wildman–Crippen LogP) is 0.702. The smallest absolute Gasteiger partial charge is 0.545 e. The molecule has 0 aliphatic rings. The van der Waals surface area contributed by atoms with Gasteiger partial charge in [0.1, 0.15) is 0 Å². The van der Waals surface area contributed by atoms with Crippen molar-refractivity contribution in [2.75, 3.05) is 0 Å². The van der Waals surface area contributed by atoms with E-state index in [-0.39, 0.29) is 54.5 Å². The van der Waals surface area contributed by atoms with Crippen molar-refractivity contribution in [2.24, 2.45) is 0 Å². The zero-order valence-corrected chi connectivity index (χ0v) is 17.4. The molecule has 114 valence electrons. The van der Waals surface area contributed by atoms with Crippen LogP contribution in [0.1, 0.15) is 50.2 Å². The molecule has 1 rings (SSSR count). The first kappa shape index (κ1) is 21.5. The fourth-order valence-electron chi connectivity index (χ4n) is 2.16. The van der Waals surface area contributed by atoms with Crippen molar-refractivity contribution in [3.05, 3.63) is 41.5 Å². The zero-order valence-electron chi connectivity index (χ0n) is 13.0. The van der Waals surface area contributed by atoms with E-state index in [4.69, 9.17) is 0 Å². The SMILES string of the molecule is CCCCCCCc1ccc(/C(=C/C(=O)[O-])C(=O)[O-])cc1.[Ba+2]. The molecule has 0 aliphatic carbocycles. The van der Waals surface area contributed by atoms with Gasteiger partial charge in [0, 0.05) is 5.57 Å². The van der Waals surface area contributed by atoms with Gasteiger partial charge < -0.3 is 19.8 Å². The molecule has 0 aliphatic heterocycles. The summed E-state index contributed by atoms with van der Waals surface area (Å²) in [6.45, 7) is 2.17. The van der Waals surface area contributed by atoms with Crippen LogP contribution in [0.15, 0.2) is 30.3 Å². The van der Waals surface area contributed by atoms with Crippen LogP contribution in [0.5, 0.6) is 0 Å². The molecule has 0 radical (unpaired) electrons. The van der Waals surface area contributed by atoms with Crippen LogP contribution >= 0.6 is 0 Å². The van der Waals surface area contributed by atoms with E-state index in [2.05, 4.69) is 6.92 Å². The Morgan fingerprint density at radius 1 is 1.00 bits per heavy atom. The molecule has 22 heavy (non-hydrogen) atoms. The minimum atomic E-state index is -1.55. The maximum absolute atomic E-state index is 10.9. The molecular weight excluding hydrogens is 406 g/mol. The van der Waals surface area contributed by atoms with E-state index in [1.807, 2.05) is 12.1 Å². The van der Waals surface area contributed by atoms with Crippen LogP contribution in [0, 0.1) is 0 Å². The third-order valence-electron chi connectivity index (χ3n) is 3.32. The maximum atomic E-state index is 10.9. The Bertz CT molecular complexity index is 506. The van der Waals surface area contributed by atoms with Gasteiger partial charge in [-0.25, -0.2) is 0 Å². The summed E-state index contributed by atoms with van der Waals surface area (Å²) in [5.41, 5.74) is 1.06. The van der Waals surface area contributed by atoms with E-state index < -0.39 is 11.9 Å². The van der Waals surface area contributed by atoms with E-state index in [1.165, 1.54) is 25.7 Å². The molecule has 0 atom stereocenters. The number of hydrogen-bond acceptors (Lipinski definition) is 4.